The van der Waals surface area contributed by atoms with E-state index in [0.717, 1.165) is 36.3 Å². The van der Waals surface area contributed by atoms with Crippen molar-refractivity contribution in [2.45, 2.75) is 33.0 Å². The van der Waals surface area contributed by atoms with Crippen molar-refractivity contribution in [2.75, 3.05) is 19.6 Å². The highest BCUT2D eigenvalue weighted by atomic mass is 35.5. The number of tetrazole rings is 1. The van der Waals surface area contributed by atoms with Crippen LogP contribution in [-0.2, 0) is 17.9 Å². The summed E-state index contributed by atoms with van der Waals surface area (Å²) in [6, 6.07) is 12.2. The third-order valence-electron chi connectivity index (χ3n) is 5.69. The van der Waals surface area contributed by atoms with Gasteiger partial charge >= 0.3 is 0 Å². The number of hydrogen-bond donors (Lipinski definition) is 0. The second-order valence-corrected chi connectivity index (χ2v) is 8.72. The first-order chi connectivity index (χ1) is 15.9. The Bertz CT molecular complexity index is 1150. The second-order valence-electron chi connectivity index (χ2n) is 8.29. The highest BCUT2D eigenvalue weighted by Gasteiger charge is 2.26. The van der Waals surface area contributed by atoms with Crippen molar-refractivity contribution in [3.05, 3.63) is 81.9 Å². The third kappa shape index (κ3) is 6.03. The second kappa shape index (κ2) is 10.2. The molecule has 2 heterocycles. The van der Waals surface area contributed by atoms with Gasteiger partial charge in [0, 0.05) is 43.3 Å². The summed E-state index contributed by atoms with van der Waals surface area (Å²) in [6.45, 7) is 7.16. The van der Waals surface area contributed by atoms with Gasteiger partial charge < -0.3 is 4.90 Å². The van der Waals surface area contributed by atoms with Gasteiger partial charge in [-0.2, -0.15) is 4.80 Å². The number of nitrogens with zero attached hydrogens (tertiary/aromatic N) is 6. The van der Waals surface area contributed by atoms with Crippen LogP contribution in [0.4, 0.5) is 4.39 Å². The Balaban J connectivity index is 1.39. The van der Waals surface area contributed by atoms with E-state index in [-0.39, 0.29) is 17.8 Å². The Hall–Kier alpha value is -3.10. The lowest BCUT2D eigenvalue weighted by atomic mass is 10.1. The maximum atomic E-state index is 13.1. The van der Waals surface area contributed by atoms with Crippen molar-refractivity contribution in [3.63, 3.8) is 0 Å². The number of aryl methyl sites for hydroxylation is 1. The van der Waals surface area contributed by atoms with E-state index >= 15 is 0 Å². The molecule has 2 aromatic carbocycles. The molecule has 0 spiro atoms. The van der Waals surface area contributed by atoms with E-state index in [0.29, 0.717) is 23.9 Å². The fourth-order valence-electron chi connectivity index (χ4n) is 4.03. The molecule has 1 saturated heterocycles. The molecule has 0 bridgehead atoms. The Morgan fingerprint density at radius 1 is 1.18 bits per heavy atom. The van der Waals surface area contributed by atoms with E-state index in [1.54, 1.807) is 31.2 Å². The van der Waals surface area contributed by atoms with Gasteiger partial charge in [0.05, 0.1) is 6.54 Å². The molecule has 1 amide bonds. The molecule has 0 radical (unpaired) electrons. The van der Waals surface area contributed by atoms with E-state index in [4.69, 9.17) is 11.6 Å². The van der Waals surface area contributed by atoms with Crippen molar-refractivity contribution in [1.82, 2.24) is 30.0 Å². The molecule has 1 aromatic heterocycles. The highest BCUT2D eigenvalue weighted by Crippen LogP contribution is 2.19. The Morgan fingerprint density at radius 3 is 2.67 bits per heavy atom. The largest absolute Gasteiger partial charge is 0.334 e. The predicted molar refractivity (Wildman–Crippen MR) is 125 cm³/mol. The summed E-state index contributed by atoms with van der Waals surface area (Å²) in [5.41, 5.74) is 2.85. The molecule has 9 heteroatoms. The lowest BCUT2D eigenvalue weighted by Crippen LogP contribution is -2.53. The van der Waals surface area contributed by atoms with Crippen molar-refractivity contribution >= 4 is 23.6 Å². The summed E-state index contributed by atoms with van der Waals surface area (Å²) < 4.78 is 13.1. The Kier molecular flexibility index (Phi) is 7.15. The van der Waals surface area contributed by atoms with E-state index in [1.807, 2.05) is 23.1 Å². The molecule has 33 heavy (non-hydrogen) atoms. The van der Waals surface area contributed by atoms with Crippen LogP contribution >= 0.6 is 11.6 Å². The number of hydrogen-bond acceptors (Lipinski definition) is 5. The maximum Gasteiger partial charge on any atom is 0.246 e. The number of carbonyl (C=O) groups excluding carboxylic acids is 1. The van der Waals surface area contributed by atoms with Crippen molar-refractivity contribution in [3.8, 4) is 0 Å². The number of piperazine rings is 1. The molecular weight excluding hydrogens is 443 g/mol. The molecule has 0 N–H and O–H groups in total. The van der Waals surface area contributed by atoms with E-state index in [1.165, 1.54) is 16.9 Å². The number of rotatable bonds is 6. The number of aromatic nitrogens is 4. The maximum absolute atomic E-state index is 13.1. The molecule has 1 aliphatic rings. The Morgan fingerprint density at radius 2 is 1.97 bits per heavy atom. The average molecular weight is 469 g/mol. The van der Waals surface area contributed by atoms with Gasteiger partial charge in [0.2, 0.25) is 5.91 Å². The standard InChI is InChI=1S/C24H26ClFN6O/c1-17-14-30(15-19-3-8-23(26)9-4-19)11-12-31(17)24(33)10-6-20-5-7-22(25)13-21(20)16-32-28-18(2)27-29-32/h3-10,13,17H,11-12,14-16H2,1-2H3/b10-6+/t17-/m1/s1. The molecule has 1 aliphatic heterocycles. The van der Waals surface area contributed by atoms with Crippen LogP contribution in [0.15, 0.2) is 48.5 Å². The minimum absolute atomic E-state index is 0.0282. The summed E-state index contributed by atoms with van der Waals surface area (Å²) in [6.07, 6.45) is 3.42. The van der Waals surface area contributed by atoms with Gasteiger partial charge in [0.25, 0.3) is 0 Å². The zero-order valence-electron chi connectivity index (χ0n) is 18.7. The molecular formula is C24H26ClFN6O. The molecule has 0 unspecified atom stereocenters. The van der Waals surface area contributed by atoms with Crippen LogP contribution in [0.2, 0.25) is 5.02 Å². The fraction of sp³-hybridized carbons (Fsp3) is 0.333. The van der Waals surface area contributed by atoms with E-state index < -0.39 is 0 Å². The smallest absolute Gasteiger partial charge is 0.246 e. The minimum atomic E-state index is -0.231. The van der Waals surface area contributed by atoms with Crippen molar-refractivity contribution in [1.29, 1.82) is 0 Å². The summed E-state index contributed by atoms with van der Waals surface area (Å²) >= 11 is 6.18. The zero-order valence-corrected chi connectivity index (χ0v) is 19.4. The third-order valence-corrected chi connectivity index (χ3v) is 5.92. The van der Waals surface area contributed by atoms with Crippen molar-refractivity contribution in [2.24, 2.45) is 0 Å². The molecule has 4 rings (SSSR count). The molecule has 3 aromatic rings. The number of benzene rings is 2. The summed E-state index contributed by atoms with van der Waals surface area (Å²) in [5.74, 6) is 0.335. The zero-order chi connectivity index (χ0) is 23.4. The molecule has 7 nitrogen and oxygen atoms in total. The molecule has 0 aliphatic carbocycles. The number of amides is 1. The predicted octanol–water partition coefficient (Wildman–Crippen LogP) is 3.57. The van der Waals surface area contributed by atoms with Gasteiger partial charge in [-0.3, -0.25) is 9.69 Å². The highest BCUT2D eigenvalue weighted by molar-refractivity contribution is 6.30. The first kappa shape index (κ1) is 23.1. The molecule has 1 fully saturated rings. The average Bonchev–Trinajstić information content (AvgIpc) is 3.19. The van der Waals surface area contributed by atoms with Crippen LogP contribution in [0.1, 0.15) is 29.4 Å². The van der Waals surface area contributed by atoms with Gasteiger partial charge in [0.15, 0.2) is 5.82 Å². The van der Waals surface area contributed by atoms with Gasteiger partial charge in [-0.25, -0.2) is 4.39 Å². The van der Waals surface area contributed by atoms with Gasteiger partial charge in [0.1, 0.15) is 5.82 Å². The quantitative estimate of drug-likeness (QED) is 0.517. The molecule has 1 atom stereocenters. The van der Waals surface area contributed by atoms with Crippen LogP contribution < -0.4 is 0 Å². The topological polar surface area (TPSA) is 67.2 Å². The van der Waals surface area contributed by atoms with Crippen LogP contribution in [0.3, 0.4) is 0 Å². The van der Waals surface area contributed by atoms with Crippen molar-refractivity contribution < 1.29 is 9.18 Å². The van der Waals surface area contributed by atoms with Crippen LogP contribution in [-0.4, -0.2) is 61.6 Å². The summed E-state index contributed by atoms with van der Waals surface area (Å²) in [5, 5.41) is 12.7. The number of carbonyl (C=O) groups is 1. The first-order valence-corrected chi connectivity index (χ1v) is 11.2. The number of halogens is 2. The molecule has 0 saturated carbocycles. The lowest BCUT2D eigenvalue weighted by molar-refractivity contribution is -0.130. The lowest BCUT2D eigenvalue weighted by Gasteiger charge is -2.39. The summed E-state index contributed by atoms with van der Waals surface area (Å²) in [7, 11) is 0. The minimum Gasteiger partial charge on any atom is -0.334 e. The Labute approximate surface area is 197 Å². The SMILES string of the molecule is Cc1nnn(Cc2cc(Cl)ccc2/C=C/C(=O)N2CCN(Cc3ccc(F)cc3)C[C@H]2C)n1. The van der Waals surface area contributed by atoms with E-state index in [9.17, 15) is 9.18 Å². The van der Waals surface area contributed by atoms with Crippen LogP contribution in [0.25, 0.3) is 6.08 Å². The van der Waals surface area contributed by atoms with E-state index in [2.05, 4.69) is 27.2 Å². The fourth-order valence-corrected chi connectivity index (χ4v) is 4.22. The van der Waals surface area contributed by atoms with Gasteiger partial charge in [-0.15, -0.1) is 10.2 Å². The van der Waals surface area contributed by atoms with Crippen LogP contribution in [0, 0.1) is 12.7 Å². The monoisotopic (exact) mass is 468 g/mol. The molecule has 172 valence electrons. The first-order valence-electron chi connectivity index (χ1n) is 10.9. The normalized spacial score (nSPS) is 17.1. The summed E-state index contributed by atoms with van der Waals surface area (Å²) in [4.78, 5) is 18.6. The van der Waals surface area contributed by atoms with Gasteiger partial charge in [-0.1, -0.05) is 29.8 Å². The van der Waals surface area contributed by atoms with Gasteiger partial charge in [-0.05, 0) is 66.1 Å². The van der Waals surface area contributed by atoms with Crippen LogP contribution in [0.5, 0.6) is 0 Å².